The third-order valence-corrected chi connectivity index (χ3v) is 3.21. The number of benzene rings is 1. The van der Waals surface area contributed by atoms with Crippen LogP contribution in [0.4, 0.5) is 5.82 Å². The summed E-state index contributed by atoms with van der Waals surface area (Å²) in [7, 11) is 0. The van der Waals surface area contributed by atoms with Crippen LogP contribution in [0.3, 0.4) is 0 Å². The molecule has 4 heteroatoms. The molecule has 0 amide bonds. The summed E-state index contributed by atoms with van der Waals surface area (Å²) in [6, 6.07) is 8.13. The predicted molar refractivity (Wildman–Crippen MR) is 67.0 cm³/mol. The molecule has 0 spiro atoms. The number of rotatable bonds is 2. The van der Waals surface area contributed by atoms with E-state index in [1.165, 1.54) is 0 Å². The Bertz CT molecular complexity index is 530. The predicted octanol–water partition coefficient (Wildman–Crippen LogP) is 2.22. The van der Waals surface area contributed by atoms with Crippen LogP contribution in [-0.4, -0.2) is 29.0 Å². The van der Waals surface area contributed by atoms with E-state index in [9.17, 15) is 0 Å². The van der Waals surface area contributed by atoms with E-state index in [2.05, 4.69) is 28.5 Å². The monoisotopic (exact) mass is 229 g/mol. The molecule has 3 rings (SSSR count). The van der Waals surface area contributed by atoms with Crippen LogP contribution in [0.2, 0.25) is 0 Å². The Kier molecular flexibility index (Phi) is 2.44. The average Bonchev–Trinajstić information content (AvgIpc) is 2.76. The highest BCUT2D eigenvalue weighted by atomic mass is 16.5. The maximum absolute atomic E-state index is 5.43. The second kappa shape index (κ2) is 3.96. The fourth-order valence-electron chi connectivity index (χ4n) is 2.17. The highest BCUT2D eigenvalue weighted by molar-refractivity contribution is 5.91. The van der Waals surface area contributed by atoms with Gasteiger partial charge in [0.1, 0.15) is 0 Å². The van der Waals surface area contributed by atoms with Gasteiger partial charge >= 0.3 is 0 Å². The molecule has 2 aromatic rings. The van der Waals surface area contributed by atoms with Gasteiger partial charge in [-0.3, -0.25) is 0 Å². The standard InChI is InChI=1S/C13H15N3O/c1-13(6-7-17-9-13)15-12-11-5-3-2-4-10(11)8-14-16-12/h2-5,8H,6-7,9H2,1H3,(H,15,16). The molecular formula is C13H15N3O. The van der Waals surface area contributed by atoms with Gasteiger partial charge in [-0.15, -0.1) is 5.10 Å². The molecule has 0 radical (unpaired) electrons. The molecule has 0 bridgehead atoms. The number of anilines is 1. The van der Waals surface area contributed by atoms with Crippen LogP contribution < -0.4 is 5.32 Å². The molecule has 1 N–H and O–H groups in total. The van der Waals surface area contributed by atoms with Crippen LogP contribution in [0.5, 0.6) is 0 Å². The van der Waals surface area contributed by atoms with E-state index in [0.29, 0.717) is 0 Å². The van der Waals surface area contributed by atoms with Crippen molar-refractivity contribution in [2.45, 2.75) is 18.9 Å². The Morgan fingerprint density at radius 1 is 1.35 bits per heavy atom. The van der Waals surface area contributed by atoms with Crippen LogP contribution in [0, 0.1) is 0 Å². The summed E-state index contributed by atoms with van der Waals surface area (Å²) in [5, 5.41) is 13.9. The molecule has 88 valence electrons. The van der Waals surface area contributed by atoms with E-state index in [1.54, 1.807) is 6.20 Å². The lowest BCUT2D eigenvalue weighted by Gasteiger charge is -2.24. The lowest BCUT2D eigenvalue weighted by Crippen LogP contribution is -2.35. The number of nitrogens with zero attached hydrogens (tertiary/aromatic N) is 2. The SMILES string of the molecule is CC1(Nc2nncc3ccccc23)CCOC1. The number of ether oxygens (including phenoxy) is 1. The van der Waals surface area contributed by atoms with Crippen LogP contribution in [0.15, 0.2) is 30.5 Å². The van der Waals surface area contributed by atoms with Crippen LogP contribution in [0.25, 0.3) is 10.8 Å². The number of hydrogen-bond acceptors (Lipinski definition) is 4. The fraction of sp³-hybridized carbons (Fsp3) is 0.385. The van der Waals surface area contributed by atoms with E-state index >= 15 is 0 Å². The molecule has 1 aromatic heterocycles. The molecule has 4 nitrogen and oxygen atoms in total. The Hall–Kier alpha value is -1.68. The maximum Gasteiger partial charge on any atom is 0.157 e. The van der Waals surface area contributed by atoms with Crippen molar-refractivity contribution in [1.29, 1.82) is 0 Å². The first-order chi connectivity index (χ1) is 8.27. The topological polar surface area (TPSA) is 47.0 Å². The summed E-state index contributed by atoms with van der Waals surface area (Å²) in [6.45, 7) is 3.68. The lowest BCUT2D eigenvalue weighted by atomic mass is 10.0. The third-order valence-electron chi connectivity index (χ3n) is 3.21. The van der Waals surface area contributed by atoms with Crippen molar-refractivity contribution in [3.8, 4) is 0 Å². The maximum atomic E-state index is 5.43. The van der Waals surface area contributed by atoms with Crippen molar-refractivity contribution in [2.75, 3.05) is 18.5 Å². The van der Waals surface area contributed by atoms with Crippen molar-refractivity contribution >= 4 is 16.6 Å². The fourth-order valence-corrected chi connectivity index (χ4v) is 2.17. The molecular weight excluding hydrogens is 214 g/mol. The minimum atomic E-state index is -0.0290. The molecule has 1 aliphatic heterocycles. The highest BCUT2D eigenvalue weighted by Crippen LogP contribution is 2.26. The molecule has 1 aromatic carbocycles. The third kappa shape index (κ3) is 1.96. The minimum Gasteiger partial charge on any atom is -0.379 e. The largest absolute Gasteiger partial charge is 0.379 e. The second-order valence-corrected chi connectivity index (χ2v) is 4.77. The van der Waals surface area contributed by atoms with Gasteiger partial charge in [0.25, 0.3) is 0 Å². The van der Waals surface area contributed by atoms with Gasteiger partial charge in [-0.2, -0.15) is 5.10 Å². The highest BCUT2D eigenvalue weighted by Gasteiger charge is 2.30. The Labute approximate surface area is 100 Å². The van der Waals surface area contributed by atoms with Crippen molar-refractivity contribution < 1.29 is 4.74 Å². The molecule has 1 aliphatic rings. The van der Waals surface area contributed by atoms with Gasteiger partial charge in [0.15, 0.2) is 5.82 Å². The van der Waals surface area contributed by atoms with E-state index in [4.69, 9.17) is 4.74 Å². The molecule has 0 aliphatic carbocycles. The zero-order valence-electron chi connectivity index (χ0n) is 9.81. The summed E-state index contributed by atoms with van der Waals surface area (Å²) in [5.74, 6) is 0.844. The lowest BCUT2D eigenvalue weighted by molar-refractivity contribution is 0.185. The van der Waals surface area contributed by atoms with Crippen LogP contribution in [0.1, 0.15) is 13.3 Å². The zero-order valence-corrected chi connectivity index (χ0v) is 9.81. The van der Waals surface area contributed by atoms with Gasteiger partial charge in [0.2, 0.25) is 0 Å². The molecule has 1 fully saturated rings. The van der Waals surface area contributed by atoms with Crippen LogP contribution in [-0.2, 0) is 4.74 Å². The molecule has 17 heavy (non-hydrogen) atoms. The van der Waals surface area contributed by atoms with Gasteiger partial charge in [0.05, 0.1) is 18.3 Å². The van der Waals surface area contributed by atoms with Gasteiger partial charge in [-0.05, 0) is 13.3 Å². The summed E-state index contributed by atoms with van der Waals surface area (Å²) in [4.78, 5) is 0. The first-order valence-electron chi connectivity index (χ1n) is 5.83. The summed E-state index contributed by atoms with van der Waals surface area (Å²) >= 11 is 0. The minimum absolute atomic E-state index is 0.0290. The number of aromatic nitrogens is 2. The Balaban J connectivity index is 2.00. The molecule has 0 saturated carbocycles. The average molecular weight is 229 g/mol. The molecule has 2 heterocycles. The van der Waals surface area contributed by atoms with Crippen molar-refractivity contribution in [3.63, 3.8) is 0 Å². The van der Waals surface area contributed by atoms with Crippen molar-refractivity contribution in [2.24, 2.45) is 0 Å². The normalized spacial score (nSPS) is 24.1. The van der Waals surface area contributed by atoms with E-state index < -0.39 is 0 Å². The van der Waals surface area contributed by atoms with E-state index in [-0.39, 0.29) is 5.54 Å². The van der Waals surface area contributed by atoms with Gasteiger partial charge in [-0.25, -0.2) is 0 Å². The second-order valence-electron chi connectivity index (χ2n) is 4.77. The first-order valence-corrected chi connectivity index (χ1v) is 5.83. The zero-order chi connectivity index (χ0) is 11.7. The molecule has 1 unspecified atom stereocenters. The summed E-state index contributed by atoms with van der Waals surface area (Å²) in [5.41, 5.74) is -0.0290. The summed E-state index contributed by atoms with van der Waals surface area (Å²) in [6.07, 6.45) is 2.78. The Morgan fingerprint density at radius 3 is 3.06 bits per heavy atom. The van der Waals surface area contributed by atoms with Gasteiger partial charge in [-0.1, -0.05) is 24.3 Å². The van der Waals surface area contributed by atoms with Crippen molar-refractivity contribution in [1.82, 2.24) is 10.2 Å². The quantitative estimate of drug-likeness (QED) is 0.857. The van der Waals surface area contributed by atoms with E-state index in [1.807, 2.05) is 18.2 Å². The van der Waals surface area contributed by atoms with Crippen molar-refractivity contribution in [3.05, 3.63) is 30.5 Å². The summed E-state index contributed by atoms with van der Waals surface area (Å²) < 4.78 is 5.43. The smallest absolute Gasteiger partial charge is 0.157 e. The Morgan fingerprint density at radius 2 is 2.24 bits per heavy atom. The molecule has 1 saturated heterocycles. The number of hydrogen-bond donors (Lipinski definition) is 1. The molecule has 1 atom stereocenters. The van der Waals surface area contributed by atoms with E-state index in [0.717, 1.165) is 36.2 Å². The van der Waals surface area contributed by atoms with Crippen LogP contribution >= 0.6 is 0 Å². The first kappa shape index (κ1) is 10.5. The number of nitrogens with one attached hydrogen (secondary N) is 1. The number of fused-ring (bicyclic) bond motifs is 1. The van der Waals surface area contributed by atoms with Gasteiger partial charge in [0, 0.05) is 17.4 Å². The van der Waals surface area contributed by atoms with Gasteiger partial charge < -0.3 is 10.1 Å².